The predicted molar refractivity (Wildman–Crippen MR) is 123 cm³/mol. The lowest BCUT2D eigenvalue weighted by molar-refractivity contribution is -0.384. The number of nitro benzene ring substituents is 1. The minimum atomic E-state index is -0.456. The first-order valence-corrected chi connectivity index (χ1v) is 10.3. The van der Waals surface area contributed by atoms with Gasteiger partial charge >= 0.3 is 0 Å². The van der Waals surface area contributed by atoms with Crippen LogP contribution in [0.15, 0.2) is 84.0 Å². The summed E-state index contributed by atoms with van der Waals surface area (Å²) in [7, 11) is 0. The molecule has 3 aromatic carbocycles. The van der Waals surface area contributed by atoms with E-state index in [0.717, 1.165) is 16.7 Å². The van der Waals surface area contributed by atoms with E-state index in [-0.39, 0.29) is 17.6 Å². The van der Waals surface area contributed by atoms with Gasteiger partial charge in [0.15, 0.2) is 0 Å². The molecule has 32 heavy (non-hydrogen) atoms. The first kappa shape index (κ1) is 21.4. The fourth-order valence-corrected chi connectivity index (χ4v) is 3.59. The van der Waals surface area contributed by atoms with E-state index in [2.05, 4.69) is 57.8 Å². The first-order valence-electron chi connectivity index (χ1n) is 10.3. The van der Waals surface area contributed by atoms with E-state index in [1.54, 1.807) is 19.1 Å². The smallest absolute Gasteiger partial charge is 0.269 e. The molecule has 1 saturated heterocycles. The van der Waals surface area contributed by atoms with Crippen molar-refractivity contribution in [3.8, 4) is 11.1 Å². The van der Waals surface area contributed by atoms with Gasteiger partial charge in [0, 0.05) is 18.2 Å². The van der Waals surface area contributed by atoms with Crippen molar-refractivity contribution in [2.75, 3.05) is 0 Å². The van der Waals surface area contributed by atoms with Gasteiger partial charge < -0.3 is 0 Å². The molecule has 8 heteroatoms. The minimum absolute atomic E-state index is 0.00894. The highest BCUT2D eigenvalue weighted by atomic mass is 16.6. The van der Waals surface area contributed by atoms with Gasteiger partial charge in [-0.1, -0.05) is 54.6 Å². The highest BCUT2D eigenvalue weighted by Gasteiger charge is 2.30. The molecule has 0 saturated carbocycles. The van der Waals surface area contributed by atoms with Crippen LogP contribution in [0.25, 0.3) is 11.1 Å². The third kappa shape index (κ3) is 4.88. The van der Waals surface area contributed by atoms with Crippen LogP contribution in [0.1, 0.15) is 30.5 Å². The number of nitrogens with one attached hydrogen (secondary N) is 3. The van der Waals surface area contributed by atoms with Crippen LogP contribution in [0, 0.1) is 10.1 Å². The standard InChI is InChI=1S/C24H23N5O3/c1-16(17-11-13-21(14-12-17)29(31)32)25-28-24(30)23-15-22(26-27-23)20-9-7-19(8-10-20)18-5-3-2-4-6-18/h2-14,22-23,26-27H,15H2,1H3,(H,28,30)/b25-16+. The average molecular weight is 429 g/mol. The maximum absolute atomic E-state index is 12.5. The molecule has 1 amide bonds. The molecule has 2 unspecified atom stereocenters. The van der Waals surface area contributed by atoms with Crippen LogP contribution in [0.2, 0.25) is 0 Å². The Hall–Kier alpha value is -3.88. The molecule has 0 radical (unpaired) electrons. The van der Waals surface area contributed by atoms with Gasteiger partial charge in [-0.15, -0.1) is 0 Å². The Morgan fingerprint density at radius 1 is 0.969 bits per heavy atom. The molecule has 0 aliphatic carbocycles. The maximum atomic E-state index is 12.5. The number of rotatable bonds is 6. The van der Waals surface area contributed by atoms with Crippen molar-refractivity contribution in [2.45, 2.75) is 25.4 Å². The van der Waals surface area contributed by atoms with Crippen molar-refractivity contribution >= 4 is 17.3 Å². The van der Waals surface area contributed by atoms with E-state index in [0.29, 0.717) is 17.7 Å². The second-order valence-corrected chi connectivity index (χ2v) is 7.59. The number of non-ortho nitro benzene ring substituents is 1. The molecule has 0 aromatic heterocycles. The fraction of sp³-hybridized carbons (Fsp3) is 0.167. The van der Waals surface area contributed by atoms with E-state index in [9.17, 15) is 14.9 Å². The molecule has 1 heterocycles. The van der Waals surface area contributed by atoms with Crippen LogP contribution in [-0.4, -0.2) is 22.6 Å². The van der Waals surface area contributed by atoms with Crippen LogP contribution >= 0.6 is 0 Å². The Morgan fingerprint density at radius 3 is 2.28 bits per heavy atom. The molecule has 3 N–H and O–H groups in total. The van der Waals surface area contributed by atoms with Crippen LogP contribution in [0.4, 0.5) is 5.69 Å². The van der Waals surface area contributed by atoms with E-state index in [4.69, 9.17) is 0 Å². The van der Waals surface area contributed by atoms with Gasteiger partial charge in [-0.25, -0.2) is 16.3 Å². The number of nitrogens with zero attached hydrogens (tertiary/aromatic N) is 2. The molecule has 8 nitrogen and oxygen atoms in total. The summed E-state index contributed by atoms with van der Waals surface area (Å²) < 4.78 is 0. The zero-order valence-corrected chi connectivity index (χ0v) is 17.5. The summed E-state index contributed by atoms with van der Waals surface area (Å²) in [5, 5.41) is 14.9. The molecule has 1 fully saturated rings. The first-order chi connectivity index (χ1) is 15.5. The number of hydrogen-bond donors (Lipinski definition) is 3. The number of benzene rings is 3. The zero-order chi connectivity index (χ0) is 22.5. The van der Waals surface area contributed by atoms with Crippen molar-refractivity contribution in [3.63, 3.8) is 0 Å². The summed E-state index contributed by atoms with van der Waals surface area (Å²) >= 11 is 0. The lowest BCUT2D eigenvalue weighted by Crippen LogP contribution is -2.41. The van der Waals surface area contributed by atoms with Gasteiger partial charge in [0.25, 0.3) is 11.6 Å². The molecule has 1 aliphatic heterocycles. The number of hydrogen-bond acceptors (Lipinski definition) is 6. The average Bonchev–Trinajstić information content (AvgIpc) is 3.33. The molecule has 162 valence electrons. The third-order valence-corrected chi connectivity index (χ3v) is 5.47. The number of hydrazone groups is 1. The molecular formula is C24H23N5O3. The van der Waals surface area contributed by atoms with Gasteiger partial charge in [0.1, 0.15) is 6.04 Å². The Labute approximate surface area is 185 Å². The number of carbonyl (C=O) groups excluding carboxylic acids is 1. The van der Waals surface area contributed by atoms with Gasteiger partial charge in [-0.3, -0.25) is 14.9 Å². The van der Waals surface area contributed by atoms with Crippen molar-refractivity contribution in [1.82, 2.24) is 16.3 Å². The van der Waals surface area contributed by atoms with Crippen LogP contribution < -0.4 is 16.3 Å². The summed E-state index contributed by atoms with van der Waals surface area (Å²) in [6.07, 6.45) is 0.586. The highest BCUT2D eigenvalue weighted by molar-refractivity contribution is 5.99. The Bertz CT molecular complexity index is 1130. The molecule has 4 rings (SSSR count). The summed E-state index contributed by atoms with van der Waals surface area (Å²) in [5.74, 6) is -0.248. The monoisotopic (exact) mass is 429 g/mol. The van der Waals surface area contributed by atoms with Gasteiger partial charge in [-0.05, 0) is 47.7 Å². The lowest BCUT2D eigenvalue weighted by Gasteiger charge is -2.11. The van der Waals surface area contributed by atoms with Crippen molar-refractivity contribution in [3.05, 3.63) is 100 Å². The summed E-state index contributed by atoms with van der Waals surface area (Å²) in [6.45, 7) is 1.73. The predicted octanol–water partition coefficient (Wildman–Crippen LogP) is 3.71. The molecule has 3 aromatic rings. The Morgan fingerprint density at radius 2 is 1.62 bits per heavy atom. The molecule has 2 atom stereocenters. The summed E-state index contributed by atoms with van der Waals surface area (Å²) in [4.78, 5) is 22.8. The topological polar surface area (TPSA) is 109 Å². The van der Waals surface area contributed by atoms with E-state index >= 15 is 0 Å². The van der Waals surface area contributed by atoms with Crippen LogP contribution in [0.5, 0.6) is 0 Å². The largest absolute Gasteiger partial charge is 0.271 e. The van der Waals surface area contributed by atoms with Crippen molar-refractivity contribution < 1.29 is 9.72 Å². The quantitative estimate of drug-likeness (QED) is 0.314. The molecular weight excluding hydrogens is 406 g/mol. The van der Waals surface area contributed by atoms with E-state index in [1.165, 1.54) is 12.1 Å². The summed E-state index contributed by atoms with van der Waals surface area (Å²) in [6, 6.07) is 24.1. The van der Waals surface area contributed by atoms with E-state index in [1.807, 2.05) is 18.2 Å². The second-order valence-electron chi connectivity index (χ2n) is 7.59. The van der Waals surface area contributed by atoms with Gasteiger partial charge in [0.05, 0.1) is 10.6 Å². The number of carbonyl (C=O) groups is 1. The molecule has 1 aliphatic rings. The molecule has 0 bridgehead atoms. The Balaban J connectivity index is 1.34. The highest BCUT2D eigenvalue weighted by Crippen LogP contribution is 2.26. The van der Waals surface area contributed by atoms with Crippen LogP contribution in [0.3, 0.4) is 0 Å². The second kappa shape index (κ2) is 9.51. The molecule has 0 spiro atoms. The normalized spacial score (nSPS) is 18.3. The van der Waals surface area contributed by atoms with Gasteiger partial charge in [0.2, 0.25) is 0 Å². The van der Waals surface area contributed by atoms with E-state index < -0.39 is 11.0 Å². The Kier molecular flexibility index (Phi) is 6.34. The number of amides is 1. The zero-order valence-electron chi connectivity index (χ0n) is 17.5. The maximum Gasteiger partial charge on any atom is 0.269 e. The fourth-order valence-electron chi connectivity index (χ4n) is 3.59. The number of nitro groups is 1. The summed E-state index contributed by atoms with van der Waals surface area (Å²) in [5.41, 5.74) is 13.5. The van der Waals surface area contributed by atoms with Crippen molar-refractivity contribution in [1.29, 1.82) is 0 Å². The SMILES string of the molecule is C/C(=N\NC(=O)C1CC(c2ccc(-c3ccccc3)cc2)NN1)c1ccc([N+](=O)[O-])cc1. The lowest BCUT2D eigenvalue weighted by atomic mass is 9.98. The minimum Gasteiger partial charge on any atom is -0.271 e. The number of hydrazine groups is 1. The van der Waals surface area contributed by atoms with Crippen molar-refractivity contribution in [2.24, 2.45) is 5.10 Å². The van der Waals surface area contributed by atoms with Crippen LogP contribution in [-0.2, 0) is 4.79 Å². The van der Waals surface area contributed by atoms with Gasteiger partial charge in [-0.2, -0.15) is 5.10 Å². The third-order valence-electron chi connectivity index (χ3n) is 5.47.